The molecule has 0 saturated heterocycles. The predicted molar refractivity (Wildman–Crippen MR) is 97.0 cm³/mol. The Morgan fingerprint density at radius 2 is 2.07 bits per heavy atom. The molecule has 0 spiro atoms. The summed E-state index contributed by atoms with van der Waals surface area (Å²) in [5.41, 5.74) is 0.824. The van der Waals surface area contributed by atoms with Crippen LogP contribution in [0.4, 0.5) is 18.9 Å². The molecule has 4 aromatic rings. The molecule has 1 amide bonds. The molecule has 0 saturated carbocycles. The summed E-state index contributed by atoms with van der Waals surface area (Å²) in [5, 5.41) is 13.4. The summed E-state index contributed by atoms with van der Waals surface area (Å²) in [6.07, 6.45) is 0.0376. The Morgan fingerprint density at radius 3 is 2.83 bits per heavy atom. The monoisotopic (exact) mass is 401 g/mol. The summed E-state index contributed by atoms with van der Waals surface area (Å²) >= 11 is 0. The SMILES string of the molecule is O=C(Nc1cnn(Cc2cccc(C(F)(F)F)c2)c1)c1cc(-c2ccco2)[nH]n1. The van der Waals surface area contributed by atoms with E-state index in [1.807, 2.05) is 0 Å². The third-order valence-corrected chi connectivity index (χ3v) is 4.09. The Kier molecular flexibility index (Phi) is 4.67. The van der Waals surface area contributed by atoms with Crippen LogP contribution in [0.2, 0.25) is 0 Å². The van der Waals surface area contributed by atoms with Crippen molar-refractivity contribution in [3.63, 3.8) is 0 Å². The van der Waals surface area contributed by atoms with Crippen LogP contribution in [0.3, 0.4) is 0 Å². The van der Waals surface area contributed by atoms with Gasteiger partial charge in [-0.05, 0) is 29.8 Å². The lowest BCUT2D eigenvalue weighted by atomic mass is 10.1. The number of furan rings is 1. The van der Waals surface area contributed by atoms with Crippen molar-refractivity contribution in [1.29, 1.82) is 0 Å². The van der Waals surface area contributed by atoms with Gasteiger partial charge >= 0.3 is 6.18 Å². The van der Waals surface area contributed by atoms with E-state index in [9.17, 15) is 18.0 Å². The quantitative estimate of drug-likeness (QED) is 0.525. The number of rotatable bonds is 5. The Morgan fingerprint density at radius 1 is 1.21 bits per heavy atom. The number of H-pyrrole nitrogens is 1. The number of carbonyl (C=O) groups is 1. The number of carbonyl (C=O) groups excluding carboxylic acids is 1. The van der Waals surface area contributed by atoms with Gasteiger partial charge in [-0.2, -0.15) is 23.4 Å². The molecule has 1 aromatic carbocycles. The van der Waals surface area contributed by atoms with Gasteiger partial charge in [0.25, 0.3) is 5.91 Å². The number of nitrogens with zero attached hydrogens (tertiary/aromatic N) is 3. The van der Waals surface area contributed by atoms with E-state index in [-0.39, 0.29) is 12.2 Å². The van der Waals surface area contributed by atoms with Crippen LogP contribution in [0.15, 0.2) is 65.5 Å². The van der Waals surface area contributed by atoms with Crippen LogP contribution in [0.5, 0.6) is 0 Å². The van der Waals surface area contributed by atoms with Crippen molar-refractivity contribution in [2.24, 2.45) is 0 Å². The van der Waals surface area contributed by atoms with Crippen LogP contribution in [0.1, 0.15) is 21.6 Å². The molecule has 29 heavy (non-hydrogen) atoms. The van der Waals surface area contributed by atoms with E-state index in [1.165, 1.54) is 29.4 Å². The second-order valence-electron chi connectivity index (χ2n) is 6.22. The van der Waals surface area contributed by atoms with Crippen LogP contribution >= 0.6 is 0 Å². The number of nitrogens with one attached hydrogen (secondary N) is 2. The van der Waals surface area contributed by atoms with Gasteiger partial charge in [0.2, 0.25) is 0 Å². The van der Waals surface area contributed by atoms with Crippen molar-refractivity contribution >= 4 is 11.6 Å². The van der Waals surface area contributed by atoms with Crippen molar-refractivity contribution in [2.75, 3.05) is 5.32 Å². The molecule has 0 atom stereocenters. The highest BCUT2D eigenvalue weighted by atomic mass is 19.4. The summed E-state index contributed by atoms with van der Waals surface area (Å²) < 4.78 is 45.1. The lowest BCUT2D eigenvalue weighted by molar-refractivity contribution is -0.137. The van der Waals surface area contributed by atoms with Crippen molar-refractivity contribution in [1.82, 2.24) is 20.0 Å². The van der Waals surface area contributed by atoms with Gasteiger partial charge in [0.1, 0.15) is 5.69 Å². The average Bonchev–Trinajstić information content (AvgIpc) is 3.43. The minimum atomic E-state index is -4.41. The number of halogens is 3. The summed E-state index contributed by atoms with van der Waals surface area (Å²) in [6.45, 7) is 0.130. The highest BCUT2D eigenvalue weighted by Gasteiger charge is 2.30. The standard InChI is InChI=1S/C19H14F3N5O2/c20-19(21,22)13-4-1-3-12(7-13)10-27-11-14(9-23-27)24-18(28)16-8-15(25-26-16)17-5-2-6-29-17/h1-9,11H,10H2,(H,24,28)(H,25,26). The molecule has 10 heteroatoms. The number of hydrogen-bond donors (Lipinski definition) is 2. The normalized spacial score (nSPS) is 11.6. The second kappa shape index (κ2) is 7.30. The first-order valence-corrected chi connectivity index (χ1v) is 8.48. The van der Waals surface area contributed by atoms with E-state index in [0.29, 0.717) is 22.7 Å². The number of aromatic nitrogens is 4. The first-order valence-electron chi connectivity index (χ1n) is 8.48. The van der Waals surface area contributed by atoms with Crippen molar-refractivity contribution < 1.29 is 22.4 Å². The van der Waals surface area contributed by atoms with Gasteiger partial charge < -0.3 is 9.73 Å². The summed E-state index contributed by atoms with van der Waals surface area (Å²) in [4.78, 5) is 12.3. The molecular weight excluding hydrogens is 387 g/mol. The number of anilines is 1. The van der Waals surface area contributed by atoms with Gasteiger partial charge in [-0.3, -0.25) is 14.6 Å². The summed E-state index contributed by atoms with van der Waals surface area (Å²) in [7, 11) is 0. The average molecular weight is 401 g/mol. The van der Waals surface area contributed by atoms with Crippen LogP contribution in [0, 0.1) is 0 Å². The van der Waals surface area contributed by atoms with Crippen LogP contribution < -0.4 is 5.32 Å². The third-order valence-electron chi connectivity index (χ3n) is 4.09. The molecule has 4 rings (SSSR count). The minimum absolute atomic E-state index is 0.130. The van der Waals surface area contributed by atoms with Gasteiger partial charge in [-0.1, -0.05) is 12.1 Å². The molecule has 2 N–H and O–H groups in total. The number of hydrogen-bond acceptors (Lipinski definition) is 4. The second-order valence-corrected chi connectivity index (χ2v) is 6.22. The fourth-order valence-electron chi connectivity index (χ4n) is 2.74. The van der Waals surface area contributed by atoms with Crippen molar-refractivity contribution in [3.8, 4) is 11.5 Å². The first-order chi connectivity index (χ1) is 13.9. The van der Waals surface area contributed by atoms with E-state index < -0.39 is 17.6 Å². The number of aromatic amines is 1. The Balaban J connectivity index is 1.42. The van der Waals surface area contributed by atoms with E-state index in [1.54, 1.807) is 24.3 Å². The van der Waals surface area contributed by atoms with Gasteiger partial charge in [0.05, 0.1) is 30.3 Å². The molecule has 7 nitrogen and oxygen atoms in total. The fraction of sp³-hybridized carbons (Fsp3) is 0.105. The molecule has 0 fully saturated rings. The molecule has 3 aromatic heterocycles. The van der Waals surface area contributed by atoms with E-state index in [0.717, 1.165) is 12.1 Å². The Bertz CT molecular complexity index is 1130. The highest BCUT2D eigenvalue weighted by molar-refractivity contribution is 6.03. The van der Waals surface area contributed by atoms with E-state index in [2.05, 4.69) is 20.6 Å². The van der Waals surface area contributed by atoms with Crippen molar-refractivity contribution in [2.45, 2.75) is 12.7 Å². The Labute approximate surface area is 162 Å². The van der Waals surface area contributed by atoms with Crippen LogP contribution in [0.25, 0.3) is 11.5 Å². The summed E-state index contributed by atoms with van der Waals surface area (Å²) in [6, 6.07) is 10.00. The Hall–Kier alpha value is -3.82. The third kappa shape index (κ3) is 4.21. The number of benzene rings is 1. The molecule has 0 aliphatic carbocycles. The zero-order chi connectivity index (χ0) is 20.4. The molecule has 0 aliphatic heterocycles. The van der Waals surface area contributed by atoms with Gasteiger partial charge in [-0.15, -0.1) is 0 Å². The van der Waals surface area contributed by atoms with E-state index in [4.69, 9.17) is 4.42 Å². The smallest absolute Gasteiger partial charge is 0.416 e. The lowest BCUT2D eigenvalue weighted by Crippen LogP contribution is -2.12. The zero-order valence-corrected chi connectivity index (χ0v) is 14.8. The maximum Gasteiger partial charge on any atom is 0.416 e. The molecule has 0 aliphatic rings. The predicted octanol–water partition coefficient (Wildman–Crippen LogP) is 4.19. The maximum absolute atomic E-state index is 12.8. The molecule has 3 heterocycles. The molecule has 148 valence electrons. The number of alkyl halides is 3. The minimum Gasteiger partial charge on any atom is -0.463 e. The largest absolute Gasteiger partial charge is 0.463 e. The molecule has 0 unspecified atom stereocenters. The molecule has 0 bridgehead atoms. The zero-order valence-electron chi connectivity index (χ0n) is 14.8. The topological polar surface area (TPSA) is 88.7 Å². The molecule has 0 radical (unpaired) electrons. The van der Waals surface area contributed by atoms with Gasteiger partial charge in [0, 0.05) is 12.3 Å². The highest BCUT2D eigenvalue weighted by Crippen LogP contribution is 2.29. The fourth-order valence-corrected chi connectivity index (χ4v) is 2.74. The van der Waals surface area contributed by atoms with E-state index >= 15 is 0 Å². The van der Waals surface area contributed by atoms with Crippen LogP contribution in [-0.4, -0.2) is 25.9 Å². The van der Waals surface area contributed by atoms with Crippen molar-refractivity contribution in [3.05, 3.63) is 77.9 Å². The van der Waals surface area contributed by atoms with Crippen LogP contribution in [-0.2, 0) is 12.7 Å². The van der Waals surface area contributed by atoms with Gasteiger partial charge in [0.15, 0.2) is 11.5 Å². The van der Waals surface area contributed by atoms with Gasteiger partial charge in [-0.25, -0.2) is 0 Å². The molecular formula is C19H14F3N5O2. The lowest BCUT2D eigenvalue weighted by Gasteiger charge is -2.08. The first kappa shape index (κ1) is 18.5. The summed E-state index contributed by atoms with van der Waals surface area (Å²) in [5.74, 6) is 0.0862. The maximum atomic E-state index is 12.8. The number of amides is 1.